The quantitative estimate of drug-likeness (QED) is 0.608. The van der Waals surface area contributed by atoms with Crippen LogP contribution in [0, 0.1) is 6.92 Å². The monoisotopic (exact) mass is 284 g/mol. The first-order chi connectivity index (χ1) is 9.84. The maximum atomic E-state index is 7.09. The van der Waals surface area contributed by atoms with Crippen LogP contribution in [0.5, 0.6) is 5.75 Å². The lowest BCUT2D eigenvalue weighted by Crippen LogP contribution is -1.97. The van der Waals surface area contributed by atoms with Gasteiger partial charge in [0.15, 0.2) is 0 Å². The van der Waals surface area contributed by atoms with Crippen molar-refractivity contribution in [2.75, 3.05) is 20.3 Å². The molecule has 0 N–H and O–H groups in total. The summed E-state index contributed by atoms with van der Waals surface area (Å²) in [6.45, 7) is -2.20. The molecule has 0 heterocycles. The van der Waals surface area contributed by atoms with Crippen LogP contribution in [-0.2, 0) is 20.9 Å². The van der Waals surface area contributed by atoms with Gasteiger partial charge in [-0.3, -0.25) is 0 Å². The number of hydrogen-bond donors (Lipinski definition) is 0. The van der Waals surface area contributed by atoms with Gasteiger partial charge >= 0.3 is 6.72 Å². The van der Waals surface area contributed by atoms with E-state index in [1.165, 1.54) is 11.8 Å². The molecule has 0 radical (unpaired) electrons. The van der Waals surface area contributed by atoms with E-state index >= 15 is 0 Å². The van der Waals surface area contributed by atoms with E-state index in [0.29, 0.717) is 0 Å². The maximum Gasteiger partial charge on any atom is 0.380 e. The fraction of sp³-hybridized carbons (Fsp3) is 0.400. The molecule has 0 aliphatic carbocycles. The summed E-state index contributed by atoms with van der Waals surface area (Å²) in [5.41, 5.74) is 0.870. The maximum absolute atomic E-state index is 7.09. The van der Waals surface area contributed by atoms with Gasteiger partial charge in [0.05, 0.1) is 8.22 Å². The number of thioether (sulfide) groups is 1. The Morgan fingerprint density at radius 1 is 1.38 bits per heavy atom. The second-order valence-corrected chi connectivity index (χ2v) is 6.48. The molecule has 16 heavy (non-hydrogen) atoms. The standard InChI is InChI=1S/C10H15O3PS2/c1-8-7-9(5-6-10(8)16-4)13-14(15,11-2)12-3/h5-7H,1-4H3/i2D3,3D3. The number of benzene rings is 1. The minimum absolute atomic E-state index is 0.187. The Morgan fingerprint density at radius 3 is 2.56 bits per heavy atom. The van der Waals surface area contributed by atoms with Crippen LogP contribution in [0.25, 0.3) is 0 Å². The normalized spacial score (nSPS) is 18.6. The molecule has 0 unspecified atom stereocenters. The highest BCUT2D eigenvalue weighted by molar-refractivity contribution is 8.07. The molecule has 0 aliphatic heterocycles. The summed E-state index contributed by atoms with van der Waals surface area (Å²) in [5, 5.41) is 0. The van der Waals surface area contributed by atoms with Crippen molar-refractivity contribution in [3.8, 4) is 5.75 Å². The smallest absolute Gasteiger partial charge is 0.380 e. The van der Waals surface area contributed by atoms with Crippen LogP contribution < -0.4 is 4.52 Å². The predicted molar refractivity (Wildman–Crippen MR) is 71.9 cm³/mol. The lowest BCUT2D eigenvalue weighted by atomic mass is 10.2. The van der Waals surface area contributed by atoms with Crippen molar-refractivity contribution in [2.45, 2.75) is 11.8 Å². The molecule has 0 fully saturated rings. The Bertz CT molecular complexity index is 555. The molecule has 0 saturated carbocycles. The van der Waals surface area contributed by atoms with Crippen LogP contribution >= 0.6 is 18.5 Å². The van der Waals surface area contributed by atoms with Gasteiger partial charge < -0.3 is 13.6 Å². The fourth-order valence-electron chi connectivity index (χ4n) is 1.09. The predicted octanol–water partition coefficient (Wildman–Crippen LogP) is 3.61. The summed E-state index contributed by atoms with van der Waals surface area (Å²) in [6.07, 6.45) is 1.91. The number of rotatable bonds is 5. The van der Waals surface area contributed by atoms with Gasteiger partial charge in [0, 0.05) is 30.8 Å². The van der Waals surface area contributed by atoms with E-state index < -0.39 is 20.8 Å². The van der Waals surface area contributed by atoms with Gasteiger partial charge in [-0.25, -0.2) is 0 Å². The average Bonchev–Trinajstić information content (AvgIpc) is 2.22. The van der Waals surface area contributed by atoms with Gasteiger partial charge in [0.1, 0.15) is 5.75 Å². The molecule has 0 aromatic heterocycles. The Morgan fingerprint density at radius 2 is 2.06 bits per heavy atom. The third-order valence-corrected chi connectivity index (χ3v) is 4.26. The second kappa shape index (κ2) is 6.03. The minimum Gasteiger partial charge on any atom is -0.424 e. The van der Waals surface area contributed by atoms with Gasteiger partial charge in [0.2, 0.25) is 0 Å². The van der Waals surface area contributed by atoms with Crippen LogP contribution in [0.15, 0.2) is 23.1 Å². The molecule has 1 aromatic carbocycles. The summed E-state index contributed by atoms with van der Waals surface area (Å²) < 4.78 is 57.1. The van der Waals surface area contributed by atoms with Crippen molar-refractivity contribution in [3.05, 3.63) is 23.8 Å². The van der Waals surface area contributed by atoms with Crippen LogP contribution in [0.4, 0.5) is 0 Å². The van der Waals surface area contributed by atoms with Crippen molar-refractivity contribution in [3.63, 3.8) is 0 Å². The van der Waals surface area contributed by atoms with Crippen molar-refractivity contribution < 1.29 is 21.8 Å². The molecule has 3 nitrogen and oxygen atoms in total. The van der Waals surface area contributed by atoms with Crippen LogP contribution in [-0.4, -0.2) is 20.3 Å². The molecule has 0 atom stereocenters. The molecule has 1 aromatic rings. The molecule has 0 amide bonds. The summed E-state index contributed by atoms with van der Waals surface area (Å²) in [7, 11) is -5.87. The fourth-order valence-corrected chi connectivity index (χ4v) is 2.42. The molecule has 1 rings (SSSR count). The topological polar surface area (TPSA) is 27.7 Å². The number of aryl methyl sites for hydroxylation is 1. The first-order valence-electron chi connectivity index (χ1n) is 7.19. The highest BCUT2D eigenvalue weighted by atomic mass is 32.5. The summed E-state index contributed by atoms with van der Waals surface area (Å²) in [5.74, 6) is 0.187. The lowest BCUT2D eigenvalue weighted by Gasteiger charge is -2.18. The third kappa shape index (κ3) is 3.47. The Balaban J connectivity index is 3.08. The average molecular weight is 284 g/mol. The Hall–Kier alpha value is -0.0600. The van der Waals surface area contributed by atoms with Crippen molar-refractivity contribution in [1.29, 1.82) is 0 Å². The summed E-state index contributed by atoms with van der Waals surface area (Å²) in [6, 6.07) is 4.91. The van der Waals surface area contributed by atoms with Crippen LogP contribution in [0.3, 0.4) is 0 Å². The lowest BCUT2D eigenvalue weighted by molar-refractivity contribution is 0.273. The summed E-state index contributed by atoms with van der Waals surface area (Å²) in [4.78, 5) is 0.995. The third-order valence-electron chi connectivity index (χ3n) is 1.81. The molecule has 90 valence electrons. The minimum atomic E-state index is -4.03. The molecule has 0 bridgehead atoms. The highest BCUT2D eigenvalue weighted by Gasteiger charge is 2.18. The zero-order valence-corrected chi connectivity index (χ0v) is 11.2. The van der Waals surface area contributed by atoms with Gasteiger partial charge in [-0.1, -0.05) is 0 Å². The molecule has 0 aliphatic rings. The van der Waals surface area contributed by atoms with Crippen molar-refractivity contribution >= 4 is 30.3 Å². The Labute approximate surface area is 114 Å². The van der Waals surface area contributed by atoms with Gasteiger partial charge in [-0.05, 0) is 36.9 Å². The highest BCUT2D eigenvalue weighted by Crippen LogP contribution is 2.48. The van der Waals surface area contributed by atoms with E-state index in [2.05, 4.69) is 9.05 Å². The van der Waals surface area contributed by atoms with Crippen LogP contribution in [0.1, 0.15) is 13.8 Å². The molecule has 0 spiro atoms. The van der Waals surface area contributed by atoms with E-state index in [1.54, 1.807) is 18.2 Å². The van der Waals surface area contributed by atoms with Gasteiger partial charge in [0.25, 0.3) is 0 Å². The van der Waals surface area contributed by atoms with E-state index in [-0.39, 0.29) is 5.75 Å². The van der Waals surface area contributed by atoms with E-state index in [9.17, 15) is 0 Å². The molecule has 0 saturated heterocycles. The zero-order valence-electron chi connectivity index (χ0n) is 14.7. The first kappa shape index (κ1) is 7.39. The largest absolute Gasteiger partial charge is 0.424 e. The summed E-state index contributed by atoms with van der Waals surface area (Å²) >= 11 is 6.43. The first-order valence-corrected chi connectivity index (χ1v) is 7.97. The molecular weight excluding hydrogens is 263 g/mol. The van der Waals surface area contributed by atoms with E-state index in [1.807, 2.05) is 13.2 Å². The SMILES string of the molecule is [2H]C([2H])([2H])OP(=S)(Oc1ccc(SC)c(C)c1)OC([2H])([2H])[2H]. The Kier molecular flexibility index (Phi) is 2.79. The number of hydrogen-bond acceptors (Lipinski definition) is 5. The van der Waals surface area contributed by atoms with Gasteiger partial charge in [-0.2, -0.15) is 0 Å². The van der Waals surface area contributed by atoms with Crippen molar-refractivity contribution in [1.82, 2.24) is 0 Å². The van der Waals surface area contributed by atoms with Gasteiger partial charge in [-0.15, -0.1) is 11.8 Å². The second-order valence-electron chi connectivity index (χ2n) is 2.85. The van der Waals surface area contributed by atoms with E-state index in [4.69, 9.17) is 24.6 Å². The van der Waals surface area contributed by atoms with E-state index in [0.717, 1.165) is 10.5 Å². The van der Waals surface area contributed by atoms with Crippen LogP contribution in [0.2, 0.25) is 0 Å². The zero-order chi connectivity index (χ0) is 17.2. The molecule has 6 heteroatoms. The molecular formula is C10H15O3PS2. The van der Waals surface area contributed by atoms with Crippen molar-refractivity contribution in [2.24, 2.45) is 0 Å².